The van der Waals surface area contributed by atoms with E-state index in [4.69, 9.17) is 11.6 Å². The van der Waals surface area contributed by atoms with Gasteiger partial charge in [-0.05, 0) is 31.0 Å². The number of nitrogens with one attached hydrogen (secondary N) is 1. The van der Waals surface area contributed by atoms with E-state index in [1.165, 1.54) is 18.6 Å². The molecule has 2 rings (SSSR count). The molecule has 0 radical (unpaired) electrons. The predicted molar refractivity (Wildman–Crippen MR) is 76.3 cm³/mol. The van der Waals surface area contributed by atoms with Crippen LogP contribution >= 0.6 is 11.6 Å². The number of halogens is 2. The van der Waals surface area contributed by atoms with Crippen LogP contribution in [0.25, 0.3) is 0 Å². The molecular weight excluding hydrogens is 281 g/mol. The van der Waals surface area contributed by atoms with Crippen molar-refractivity contribution in [2.75, 3.05) is 13.2 Å². The Morgan fingerprint density at radius 3 is 2.65 bits per heavy atom. The van der Waals surface area contributed by atoms with Gasteiger partial charge in [0.15, 0.2) is 0 Å². The highest BCUT2D eigenvalue weighted by molar-refractivity contribution is 6.30. The third kappa shape index (κ3) is 3.49. The van der Waals surface area contributed by atoms with Crippen molar-refractivity contribution >= 4 is 17.5 Å². The summed E-state index contributed by atoms with van der Waals surface area (Å²) in [7, 11) is 0. The summed E-state index contributed by atoms with van der Waals surface area (Å²) >= 11 is 5.66. The van der Waals surface area contributed by atoms with Crippen molar-refractivity contribution in [2.24, 2.45) is 5.41 Å². The molecule has 5 heteroatoms. The summed E-state index contributed by atoms with van der Waals surface area (Å²) in [5.41, 5.74) is -0.269. The van der Waals surface area contributed by atoms with Gasteiger partial charge in [0.1, 0.15) is 5.82 Å². The van der Waals surface area contributed by atoms with Gasteiger partial charge < -0.3 is 10.4 Å². The van der Waals surface area contributed by atoms with Gasteiger partial charge in [-0.25, -0.2) is 4.39 Å². The molecule has 0 spiro atoms. The number of rotatable bonds is 4. The summed E-state index contributed by atoms with van der Waals surface area (Å²) < 4.78 is 13.6. The van der Waals surface area contributed by atoms with Gasteiger partial charge in [-0.1, -0.05) is 30.9 Å². The highest BCUT2D eigenvalue weighted by Crippen LogP contribution is 2.35. The molecule has 3 nitrogen and oxygen atoms in total. The Balaban J connectivity index is 2.00. The largest absolute Gasteiger partial charge is 0.396 e. The van der Waals surface area contributed by atoms with E-state index in [1.54, 1.807) is 0 Å². The van der Waals surface area contributed by atoms with E-state index in [1.807, 2.05) is 0 Å². The number of benzene rings is 1. The second kappa shape index (κ2) is 6.55. The van der Waals surface area contributed by atoms with Gasteiger partial charge in [0.2, 0.25) is 0 Å². The van der Waals surface area contributed by atoms with Crippen molar-refractivity contribution in [3.05, 3.63) is 34.6 Å². The molecule has 0 aliphatic heterocycles. The number of carbonyl (C=O) groups is 1. The topological polar surface area (TPSA) is 49.3 Å². The third-order valence-corrected chi connectivity index (χ3v) is 4.28. The van der Waals surface area contributed by atoms with Crippen molar-refractivity contribution < 1.29 is 14.3 Å². The van der Waals surface area contributed by atoms with Gasteiger partial charge in [0.05, 0.1) is 12.2 Å². The molecule has 1 fully saturated rings. The summed E-state index contributed by atoms with van der Waals surface area (Å²) in [6.45, 7) is 0.431. The van der Waals surface area contributed by atoms with Crippen LogP contribution in [0.15, 0.2) is 18.2 Å². The lowest BCUT2D eigenvalue weighted by Crippen LogP contribution is -2.41. The van der Waals surface area contributed by atoms with Gasteiger partial charge in [0, 0.05) is 17.0 Å². The Labute approximate surface area is 123 Å². The van der Waals surface area contributed by atoms with Crippen molar-refractivity contribution in [1.82, 2.24) is 5.32 Å². The fourth-order valence-corrected chi connectivity index (χ4v) is 2.89. The van der Waals surface area contributed by atoms with Crippen LogP contribution in [-0.2, 0) is 0 Å². The van der Waals surface area contributed by atoms with Crippen LogP contribution in [0.5, 0.6) is 0 Å². The van der Waals surface area contributed by atoms with Gasteiger partial charge in [-0.15, -0.1) is 0 Å². The van der Waals surface area contributed by atoms with Crippen LogP contribution in [0.4, 0.5) is 4.39 Å². The molecule has 2 N–H and O–H groups in total. The smallest absolute Gasteiger partial charge is 0.254 e. The number of hydrogen-bond acceptors (Lipinski definition) is 2. The maximum atomic E-state index is 13.6. The minimum Gasteiger partial charge on any atom is -0.396 e. The molecule has 1 amide bonds. The molecule has 1 aromatic rings. The SMILES string of the molecule is O=C(NCC1(CO)CCCCC1)c1ccc(Cl)cc1F. The highest BCUT2D eigenvalue weighted by Gasteiger charge is 2.32. The van der Waals surface area contributed by atoms with E-state index in [2.05, 4.69) is 5.32 Å². The number of hydrogen-bond donors (Lipinski definition) is 2. The van der Waals surface area contributed by atoms with E-state index in [9.17, 15) is 14.3 Å². The average Bonchev–Trinajstić information content (AvgIpc) is 2.46. The molecule has 0 heterocycles. The van der Waals surface area contributed by atoms with E-state index < -0.39 is 11.7 Å². The lowest BCUT2D eigenvalue weighted by Gasteiger charge is -2.35. The summed E-state index contributed by atoms with van der Waals surface area (Å²) in [5, 5.41) is 12.6. The third-order valence-electron chi connectivity index (χ3n) is 4.05. The van der Waals surface area contributed by atoms with Crippen molar-refractivity contribution in [1.29, 1.82) is 0 Å². The maximum Gasteiger partial charge on any atom is 0.254 e. The van der Waals surface area contributed by atoms with Gasteiger partial charge in [-0.3, -0.25) is 4.79 Å². The Kier molecular flexibility index (Phi) is 5.00. The molecule has 1 saturated carbocycles. The highest BCUT2D eigenvalue weighted by atomic mass is 35.5. The van der Waals surface area contributed by atoms with Crippen LogP contribution in [-0.4, -0.2) is 24.2 Å². The molecule has 1 aromatic carbocycles. The van der Waals surface area contributed by atoms with Crippen LogP contribution < -0.4 is 5.32 Å². The normalized spacial score (nSPS) is 17.8. The van der Waals surface area contributed by atoms with E-state index in [0.717, 1.165) is 31.7 Å². The number of aliphatic hydroxyl groups is 1. The lowest BCUT2D eigenvalue weighted by molar-refractivity contribution is 0.0716. The van der Waals surface area contributed by atoms with Crippen LogP contribution in [0.2, 0.25) is 5.02 Å². The molecule has 1 aliphatic rings. The number of aliphatic hydroxyl groups excluding tert-OH is 1. The first-order chi connectivity index (χ1) is 9.56. The quantitative estimate of drug-likeness (QED) is 0.897. The Hall–Kier alpha value is -1.13. The first kappa shape index (κ1) is 15.3. The maximum absolute atomic E-state index is 13.6. The molecule has 0 saturated heterocycles. The zero-order valence-corrected chi connectivity index (χ0v) is 12.0. The molecule has 0 atom stereocenters. The average molecular weight is 300 g/mol. The van der Waals surface area contributed by atoms with Crippen LogP contribution in [0.1, 0.15) is 42.5 Å². The zero-order valence-electron chi connectivity index (χ0n) is 11.3. The predicted octanol–water partition coefficient (Wildman–Crippen LogP) is 3.15. The Morgan fingerprint density at radius 1 is 1.35 bits per heavy atom. The summed E-state index contributed by atoms with van der Waals surface area (Å²) in [6, 6.07) is 3.99. The Morgan fingerprint density at radius 2 is 2.05 bits per heavy atom. The van der Waals surface area contributed by atoms with Gasteiger partial charge in [0.25, 0.3) is 5.91 Å². The van der Waals surface area contributed by atoms with Gasteiger partial charge >= 0.3 is 0 Å². The minimum absolute atomic E-state index is 0.0155. The van der Waals surface area contributed by atoms with Crippen LogP contribution in [0, 0.1) is 11.2 Å². The fourth-order valence-electron chi connectivity index (χ4n) is 2.73. The Bertz CT molecular complexity index is 487. The van der Waals surface area contributed by atoms with E-state index >= 15 is 0 Å². The summed E-state index contributed by atoms with van der Waals surface area (Å²) in [5.74, 6) is -1.09. The molecule has 0 bridgehead atoms. The second-order valence-corrected chi connectivity index (χ2v) is 5.96. The van der Waals surface area contributed by atoms with Crippen molar-refractivity contribution in [2.45, 2.75) is 32.1 Å². The standard InChI is InChI=1S/C15H19ClFNO2/c16-11-4-5-12(13(17)8-11)14(20)18-9-15(10-19)6-2-1-3-7-15/h4-5,8,19H,1-3,6-7,9-10H2,(H,18,20). The minimum atomic E-state index is -0.628. The first-order valence-corrected chi connectivity index (χ1v) is 7.28. The molecule has 110 valence electrons. The number of carbonyl (C=O) groups excluding carboxylic acids is 1. The van der Waals surface area contributed by atoms with Gasteiger partial charge in [-0.2, -0.15) is 0 Å². The monoisotopic (exact) mass is 299 g/mol. The second-order valence-electron chi connectivity index (χ2n) is 5.53. The number of amides is 1. The zero-order chi connectivity index (χ0) is 14.6. The van der Waals surface area contributed by atoms with E-state index in [0.29, 0.717) is 6.54 Å². The van der Waals surface area contributed by atoms with Crippen LogP contribution in [0.3, 0.4) is 0 Å². The summed E-state index contributed by atoms with van der Waals surface area (Å²) in [4.78, 5) is 12.0. The molecule has 0 unspecified atom stereocenters. The first-order valence-electron chi connectivity index (χ1n) is 6.90. The van der Waals surface area contributed by atoms with Crippen molar-refractivity contribution in [3.63, 3.8) is 0 Å². The fraction of sp³-hybridized carbons (Fsp3) is 0.533. The molecule has 0 aromatic heterocycles. The molecular formula is C15H19ClFNO2. The molecule has 20 heavy (non-hydrogen) atoms. The molecule has 1 aliphatic carbocycles. The summed E-state index contributed by atoms with van der Waals surface area (Å²) in [6.07, 6.45) is 5.08. The van der Waals surface area contributed by atoms with E-state index in [-0.39, 0.29) is 22.6 Å². The lowest BCUT2D eigenvalue weighted by atomic mass is 9.74. The van der Waals surface area contributed by atoms with Crippen molar-refractivity contribution in [3.8, 4) is 0 Å².